The molecule has 0 aliphatic heterocycles. The number of nitrogens with one attached hydrogen (secondary N) is 1. The fraction of sp³-hybridized carbons (Fsp3) is 0.333. The Kier molecular flexibility index (Phi) is 6.95. The number of aliphatic hydroxyl groups excluding tert-OH is 1. The molecule has 1 rings (SSSR count). The van der Waals surface area contributed by atoms with Crippen LogP contribution in [0.15, 0.2) is 24.5 Å². The molecule has 0 spiro atoms. The summed E-state index contributed by atoms with van der Waals surface area (Å²) >= 11 is 0. The van der Waals surface area contributed by atoms with E-state index in [2.05, 4.69) is 10.3 Å². The maximum atomic E-state index is 11.3. The molecule has 0 bridgehead atoms. The zero-order chi connectivity index (χ0) is 13.3. The monoisotopic (exact) mass is 243 g/mol. The van der Waals surface area contributed by atoms with E-state index < -0.39 is 11.2 Å². The van der Waals surface area contributed by atoms with Crippen molar-refractivity contribution in [1.29, 1.82) is 0 Å². The molecule has 0 aliphatic rings. The minimum atomic E-state index is -1.50. The first kappa shape index (κ1) is 14.8. The number of pyridine rings is 1. The van der Waals surface area contributed by atoms with Crippen LogP contribution in [0, 0.1) is 10.1 Å². The quantitative estimate of drug-likeness (QED) is 0.500. The van der Waals surface area contributed by atoms with Crippen LogP contribution in [0.1, 0.15) is 17.3 Å². The van der Waals surface area contributed by atoms with Crippen molar-refractivity contribution in [3.05, 3.63) is 40.2 Å². The average molecular weight is 243 g/mol. The van der Waals surface area contributed by atoms with Gasteiger partial charge in [-0.05, 0) is 19.1 Å². The second-order valence-corrected chi connectivity index (χ2v) is 3.04. The van der Waals surface area contributed by atoms with Crippen molar-refractivity contribution in [2.75, 3.05) is 6.54 Å². The van der Waals surface area contributed by atoms with Crippen molar-refractivity contribution in [3.8, 4) is 0 Å². The van der Waals surface area contributed by atoms with Crippen LogP contribution < -0.4 is 5.32 Å². The molecule has 1 aromatic heterocycles. The minimum absolute atomic E-state index is 0.214. The molecule has 1 unspecified atom stereocenters. The van der Waals surface area contributed by atoms with E-state index in [0.717, 1.165) is 0 Å². The van der Waals surface area contributed by atoms with E-state index in [1.807, 2.05) is 0 Å². The third-order valence-electron chi connectivity index (χ3n) is 1.48. The van der Waals surface area contributed by atoms with Gasteiger partial charge in [-0.1, -0.05) is 0 Å². The molecule has 0 fully saturated rings. The molecule has 1 aromatic rings. The molecule has 0 radical (unpaired) electrons. The van der Waals surface area contributed by atoms with Crippen molar-refractivity contribution in [2.45, 2.75) is 13.0 Å². The van der Waals surface area contributed by atoms with Crippen LogP contribution >= 0.6 is 0 Å². The van der Waals surface area contributed by atoms with E-state index in [-0.39, 0.29) is 12.5 Å². The summed E-state index contributed by atoms with van der Waals surface area (Å²) < 4.78 is 0. The highest BCUT2D eigenvalue weighted by Gasteiger charge is 2.04. The van der Waals surface area contributed by atoms with Gasteiger partial charge in [-0.15, -0.1) is 10.1 Å². The molecule has 1 heterocycles. The molecular formula is C9H13N3O5. The maximum Gasteiger partial charge on any atom is 0.291 e. The van der Waals surface area contributed by atoms with Gasteiger partial charge in [0, 0.05) is 18.9 Å². The summed E-state index contributed by atoms with van der Waals surface area (Å²) in [5, 5.41) is 25.1. The smallest absolute Gasteiger partial charge is 0.291 e. The van der Waals surface area contributed by atoms with Crippen molar-refractivity contribution >= 4 is 5.91 Å². The first-order chi connectivity index (χ1) is 7.93. The molecule has 94 valence electrons. The zero-order valence-electron chi connectivity index (χ0n) is 9.11. The van der Waals surface area contributed by atoms with E-state index in [9.17, 15) is 4.79 Å². The van der Waals surface area contributed by atoms with Gasteiger partial charge < -0.3 is 15.6 Å². The molecule has 0 aliphatic carbocycles. The third kappa shape index (κ3) is 8.75. The van der Waals surface area contributed by atoms with Crippen LogP contribution in [-0.4, -0.2) is 38.9 Å². The zero-order valence-corrected chi connectivity index (χ0v) is 9.11. The Morgan fingerprint density at radius 3 is 2.71 bits per heavy atom. The highest BCUT2D eigenvalue weighted by atomic mass is 16.9. The number of carbonyl (C=O) groups excluding carboxylic acids is 1. The molecular weight excluding hydrogens is 230 g/mol. The largest absolute Gasteiger partial charge is 0.392 e. The maximum absolute atomic E-state index is 11.3. The number of carbonyl (C=O) groups is 1. The number of nitrogens with zero attached hydrogens (tertiary/aromatic N) is 2. The number of aliphatic hydroxyl groups is 1. The number of hydrogen-bond acceptors (Lipinski definition) is 5. The van der Waals surface area contributed by atoms with Gasteiger partial charge in [0.1, 0.15) is 0 Å². The molecule has 17 heavy (non-hydrogen) atoms. The average Bonchev–Trinajstić information content (AvgIpc) is 2.26. The van der Waals surface area contributed by atoms with E-state index in [0.29, 0.717) is 5.56 Å². The molecule has 3 N–H and O–H groups in total. The Hall–Kier alpha value is -2.22. The van der Waals surface area contributed by atoms with Gasteiger partial charge in [-0.2, -0.15) is 0 Å². The summed E-state index contributed by atoms with van der Waals surface area (Å²) in [4.78, 5) is 23.5. The van der Waals surface area contributed by atoms with E-state index in [1.54, 1.807) is 25.3 Å². The standard InChI is InChI=1S/C9H12N2O2.HNO3/c1-7(12)5-11-9(13)8-3-2-4-10-6-8;2-1(3)4/h2-4,6-7,12H,5H2,1H3,(H,11,13);(H,2,3,4). The molecule has 8 nitrogen and oxygen atoms in total. The van der Waals surface area contributed by atoms with Gasteiger partial charge in [0.15, 0.2) is 0 Å². The Labute approximate surface area is 97.0 Å². The summed E-state index contributed by atoms with van der Waals surface area (Å²) in [5.41, 5.74) is 0.503. The van der Waals surface area contributed by atoms with Gasteiger partial charge in [-0.25, -0.2) is 0 Å². The highest BCUT2D eigenvalue weighted by molar-refractivity contribution is 5.93. The predicted octanol–water partition coefficient (Wildman–Crippen LogP) is -0.155. The lowest BCUT2D eigenvalue weighted by Gasteiger charge is -2.05. The Morgan fingerprint density at radius 1 is 1.71 bits per heavy atom. The number of rotatable bonds is 3. The SMILES string of the molecule is CC(O)CNC(=O)c1cccnc1.O=[N+]([O-])O. The number of hydrogen-bond donors (Lipinski definition) is 3. The van der Waals surface area contributed by atoms with Crippen LogP contribution in [-0.2, 0) is 0 Å². The summed E-state index contributed by atoms with van der Waals surface area (Å²) in [6.45, 7) is 1.87. The third-order valence-corrected chi connectivity index (χ3v) is 1.48. The van der Waals surface area contributed by atoms with Gasteiger partial charge in [0.05, 0.1) is 11.7 Å². The van der Waals surface area contributed by atoms with Crippen molar-refractivity contribution in [1.82, 2.24) is 10.3 Å². The van der Waals surface area contributed by atoms with Crippen LogP contribution in [0.2, 0.25) is 0 Å². The van der Waals surface area contributed by atoms with E-state index >= 15 is 0 Å². The number of amides is 1. The Balaban J connectivity index is 0.000000557. The van der Waals surface area contributed by atoms with Crippen molar-refractivity contribution in [3.63, 3.8) is 0 Å². The van der Waals surface area contributed by atoms with Gasteiger partial charge in [-0.3, -0.25) is 9.78 Å². The predicted molar refractivity (Wildman–Crippen MR) is 57.0 cm³/mol. The van der Waals surface area contributed by atoms with Crippen LogP contribution in [0.5, 0.6) is 0 Å². The summed E-state index contributed by atoms with van der Waals surface area (Å²) in [5.74, 6) is -0.214. The topological polar surface area (TPSA) is 126 Å². The van der Waals surface area contributed by atoms with Gasteiger partial charge in [0.2, 0.25) is 0 Å². The lowest BCUT2D eigenvalue weighted by Crippen LogP contribution is -2.30. The Morgan fingerprint density at radius 2 is 2.29 bits per heavy atom. The van der Waals surface area contributed by atoms with E-state index in [4.69, 9.17) is 20.4 Å². The van der Waals surface area contributed by atoms with Gasteiger partial charge >= 0.3 is 0 Å². The normalized spacial score (nSPS) is 10.7. The highest BCUT2D eigenvalue weighted by Crippen LogP contribution is 1.94. The fourth-order valence-corrected chi connectivity index (χ4v) is 0.840. The van der Waals surface area contributed by atoms with E-state index in [1.165, 1.54) is 6.20 Å². The lowest BCUT2D eigenvalue weighted by atomic mass is 10.2. The summed E-state index contributed by atoms with van der Waals surface area (Å²) in [6.07, 6.45) is 2.56. The fourth-order valence-electron chi connectivity index (χ4n) is 0.840. The van der Waals surface area contributed by atoms with Gasteiger partial charge in [0.25, 0.3) is 11.0 Å². The molecule has 0 saturated heterocycles. The summed E-state index contributed by atoms with van der Waals surface area (Å²) in [7, 11) is 0. The second-order valence-electron chi connectivity index (χ2n) is 3.04. The van der Waals surface area contributed by atoms with Crippen LogP contribution in [0.3, 0.4) is 0 Å². The minimum Gasteiger partial charge on any atom is -0.392 e. The molecule has 1 amide bonds. The second kappa shape index (κ2) is 7.99. The summed E-state index contributed by atoms with van der Waals surface area (Å²) in [6, 6.07) is 3.36. The first-order valence-electron chi connectivity index (χ1n) is 4.63. The molecule has 0 aromatic carbocycles. The lowest BCUT2D eigenvalue weighted by molar-refractivity contribution is -0.742. The van der Waals surface area contributed by atoms with Crippen LogP contribution in [0.4, 0.5) is 0 Å². The molecule has 8 heteroatoms. The van der Waals surface area contributed by atoms with Crippen molar-refractivity contribution in [2.24, 2.45) is 0 Å². The van der Waals surface area contributed by atoms with Crippen molar-refractivity contribution < 1.29 is 20.2 Å². The first-order valence-corrected chi connectivity index (χ1v) is 4.63. The number of aromatic nitrogens is 1. The molecule has 0 saturated carbocycles. The Bertz CT molecular complexity index is 351. The molecule has 1 atom stereocenters. The van der Waals surface area contributed by atoms with Crippen LogP contribution in [0.25, 0.3) is 0 Å².